The predicted molar refractivity (Wildman–Crippen MR) is 152 cm³/mol. The second-order valence-electron chi connectivity index (χ2n) is 10.7. The Balaban J connectivity index is 1.34. The number of likely N-dealkylation sites (N-methyl/N-ethyl adjacent to an activating group) is 1. The SMILES string of the molecule is CC1=C(c2cccc(O)c2)C(c2ccc(OCC(C)N(C)C3CCN(C)CC3)cc2)Oc2ccc(O)cc21. The molecule has 6 nitrogen and oxygen atoms in total. The highest BCUT2D eigenvalue weighted by atomic mass is 16.5. The molecule has 2 N–H and O–H groups in total. The quantitative estimate of drug-likeness (QED) is 0.406. The van der Waals surface area contributed by atoms with E-state index in [9.17, 15) is 10.2 Å². The Bertz CT molecular complexity index is 1300. The smallest absolute Gasteiger partial charge is 0.150 e. The van der Waals surface area contributed by atoms with Crippen molar-refractivity contribution < 1.29 is 19.7 Å². The van der Waals surface area contributed by atoms with E-state index < -0.39 is 0 Å². The molecule has 38 heavy (non-hydrogen) atoms. The molecule has 1 saturated heterocycles. The van der Waals surface area contributed by atoms with E-state index in [2.05, 4.69) is 30.8 Å². The maximum atomic E-state index is 10.2. The summed E-state index contributed by atoms with van der Waals surface area (Å²) in [6.45, 7) is 7.20. The highest BCUT2D eigenvalue weighted by molar-refractivity contribution is 5.95. The summed E-state index contributed by atoms with van der Waals surface area (Å²) in [6, 6.07) is 21.4. The Morgan fingerprint density at radius 1 is 1.00 bits per heavy atom. The molecule has 2 unspecified atom stereocenters. The standard InChI is InChI=1S/C32H38N2O4/c1-21(34(4)25-14-16-33(3)17-15-25)20-37-28-11-8-23(9-12-28)32-31(24-6-5-7-26(35)18-24)22(2)29-19-27(36)10-13-30(29)38-32/h5-13,18-19,21,25,32,35-36H,14-17,20H2,1-4H3. The van der Waals surface area contributed by atoms with Gasteiger partial charge in [-0.3, -0.25) is 4.90 Å². The average Bonchev–Trinajstić information content (AvgIpc) is 2.92. The Hall–Kier alpha value is -3.48. The monoisotopic (exact) mass is 514 g/mol. The topological polar surface area (TPSA) is 65.4 Å². The van der Waals surface area contributed by atoms with Crippen LogP contribution in [-0.2, 0) is 0 Å². The molecule has 0 radical (unpaired) electrons. The number of aromatic hydroxyl groups is 2. The van der Waals surface area contributed by atoms with E-state index in [-0.39, 0.29) is 17.6 Å². The molecule has 5 rings (SSSR count). The van der Waals surface area contributed by atoms with Gasteiger partial charge in [0.15, 0.2) is 0 Å². The molecule has 0 amide bonds. The lowest BCUT2D eigenvalue weighted by Crippen LogP contribution is -2.47. The first-order valence-electron chi connectivity index (χ1n) is 13.4. The number of likely N-dealkylation sites (tertiary alicyclic amines) is 1. The molecule has 0 aromatic heterocycles. The lowest BCUT2D eigenvalue weighted by molar-refractivity contribution is 0.0877. The number of nitrogens with zero attached hydrogens (tertiary/aromatic N) is 2. The molecular weight excluding hydrogens is 476 g/mol. The number of fused-ring (bicyclic) bond motifs is 1. The Morgan fingerprint density at radius 2 is 1.71 bits per heavy atom. The largest absolute Gasteiger partial charge is 0.508 e. The number of rotatable bonds is 7. The van der Waals surface area contributed by atoms with Gasteiger partial charge < -0.3 is 24.6 Å². The van der Waals surface area contributed by atoms with E-state index in [1.807, 2.05) is 43.3 Å². The lowest BCUT2D eigenvalue weighted by atomic mass is 9.86. The van der Waals surface area contributed by atoms with Crippen LogP contribution in [0.15, 0.2) is 66.7 Å². The summed E-state index contributed by atoms with van der Waals surface area (Å²) in [7, 11) is 4.40. The van der Waals surface area contributed by atoms with Gasteiger partial charge in [0, 0.05) is 23.2 Å². The number of hydrogen-bond acceptors (Lipinski definition) is 6. The minimum Gasteiger partial charge on any atom is -0.508 e. The second-order valence-corrected chi connectivity index (χ2v) is 10.7. The van der Waals surface area contributed by atoms with E-state index in [4.69, 9.17) is 9.47 Å². The Labute approximate surface area is 225 Å². The predicted octanol–water partition coefficient (Wildman–Crippen LogP) is 5.96. The highest BCUT2D eigenvalue weighted by Gasteiger charge is 2.30. The van der Waals surface area contributed by atoms with E-state index >= 15 is 0 Å². The fourth-order valence-corrected chi connectivity index (χ4v) is 5.55. The van der Waals surface area contributed by atoms with Crippen LogP contribution in [-0.4, -0.2) is 65.9 Å². The van der Waals surface area contributed by atoms with Gasteiger partial charge in [-0.1, -0.05) is 24.3 Å². The summed E-state index contributed by atoms with van der Waals surface area (Å²) in [5.74, 6) is 1.95. The zero-order valence-electron chi connectivity index (χ0n) is 22.7. The zero-order valence-corrected chi connectivity index (χ0v) is 22.7. The number of benzene rings is 3. The van der Waals surface area contributed by atoms with Crippen molar-refractivity contribution in [1.29, 1.82) is 0 Å². The van der Waals surface area contributed by atoms with Crippen molar-refractivity contribution in [2.24, 2.45) is 0 Å². The molecular formula is C32H38N2O4. The van der Waals surface area contributed by atoms with Crippen LogP contribution >= 0.6 is 0 Å². The fraction of sp³-hybridized carbons (Fsp3) is 0.375. The average molecular weight is 515 g/mol. The molecule has 0 spiro atoms. The van der Waals surface area contributed by atoms with Crippen LogP contribution in [0.4, 0.5) is 0 Å². The van der Waals surface area contributed by atoms with Crippen molar-refractivity contribution in [3.8, 4) is 23.0 Å². The molecule has 200 valence electrons. The van der Waals surface area contributed by atoms with E-state index in [1.54, 1.807) is 30.3 Å². The van der Waals surface area contributed by atoms with Crippen LogP contribution < -0.4 is 9.47 Å². The van der Waals surface area contributed by atoms with Crippen LogP contribution in [0.2, 0.25) is 0 Å². The van der Waals surface area contributed by atoms with Crippen LogP contribution in [0.1, 0.15) is 49.5 Å². The zero-order chi connectivity index (χ0) is 26.8. The first kappa shape index (κ1) is 26.1. The highest BCUT2D eigenvalue weighted by Crippen LogP contribution is 2.47. The molecule has 0 bridgehead atoms. The number of phenols is 2. The Morgan fingerprint density at radius 3 is 2.42 bits per heavy atom. The van der Waals surface area contributed by atoms with Gasteiger partial charge in [-0.05, 0) is 113 Å². The van der Waals surface area contributed by atoms with Crippen molar-refractivity contribution in [3.63, 3.8) is 0 Å². The number of phenolic OH excluding ortho intramolecular Hbond substituents is 2. The molecule has 3 aromatic carbocycles. The summed E-state index contributed by atoms with van der Waals surface area (Å²) >= 11 is 0. The minimum absolute atomic E-state index is 0.192. The van der Waals surface area contributed by atoms with E-state index in [0.29, 0.717) is 18.7 Å². The molecule has 2 heterocycles. The maximum Gasteiger partial charge on any atom is 0.150 e. The molecule has 1 fully saturated rings. The van der Waals surface area contributed by atoms with Gasteiger partial charge >= 0.3 is 0 Å². The van der Waals surface area contributed by atoms with Crippen molar-refractivity contribution in [3.05, 3.63) is 83.4 Å². The summed E-state index contributed by atoms with van der Waals surface area (Å²) in [4.78, 5) is 4.86. The number of piperidine rings is 1. The van der Waals surface area contributed by atoms with E-state index in [0.717, 1.165) is 52.4 Å². The maximum absolute atomic E-state index is 10.2. The van der Waals surface area contributed by atoms with Crippen LogP contribution in [0, 0.1) is 0 Å². The van der Waals surface area contributed by atoms with Gasteiger partial charge in [0.1, 0.15) is 35.7 Å². The molecule has 6 heteroatoms. The molecule has 2 aliphatic heterocycles. The van der Waals surface area contributed by atoms with Crippen LogP contribution in [0.3, 0.4) is 0 Å². The third kappa shape index (κ3) is 5.52. The first-order valence-corrected chi connectivity index (χ1v) is 13.4. The number of ether oxygens (including phenoxy) is 2. The number of hydrogen-bond donors (Lipinski definition) is 2. The van der Waals surface area contributed by atoms with Crippen LogP contribution in [0.5, 0.6) is 23.0 Å². The molecule has 2 atom stereocenters. The molecule has 0 saturated carbocycles. The van der Waals surface area contributed by atoms with Gasteiger partial charge in [-0.15, -0.1) is 0 Å². The third-order valence-electron chi connectivity index (χ3n) is 8.07. The molecule has 2 aliphatic rings. The normalized spacial score (nSPS) is 19.2. The minimum atomic E-state index is -0.364. The van der Waals surface area contributed by atoms with Gasteiger partial charge in [-0.25, -0.2) is 0 Å². The second kappa shape index (κ2) is 11.1. The molecule has 3 aromatic rings. The number of allylic oxidation sites excluding steroid dienone is 1. The lowest BCUT2D eigenvalue weighted by Gasteiger charge is -2.38. The van der Waals surface area contributed by atoms with Crippen molar-refractivity contribution in [2.75, 3.05) is 33.8 Å². The van der Waals surface area contributed by atoms with Crippen molar-refractivity contribution >= 4 is 11.1 Å². The third-order valence-corrected chi connectivity index (χ3v) is 8.07. The van der Waals surface area contributed by atoms with E-state index in [1.165, 1.54) is 12.8 Å². The van der Waals surface area contributed by atoms with Gasteiger partial charge in [0.25, 0.3) is 0 Å². The van der Waals surface area contributed by atoms with Gasteiger partial charge in [0.2, 0.25) is 0 Å². The summed E-state index contributed by atoms with van der Waals surface area (Å²) in [5.41, 5.74) is 4.69. The Kier molecular flexibility index (Phi) is 7.63. The summed E-state index contributed by atoms with van der Waals surface area (Å²) < 4.78 is 12.7. The van der Waals surface area contributed by atoms with Crippen molar-refractivity contribution in [2.45, 2.75) is 44.9 Å². The summed E-state index contributed by atoms with van der Waals surface area (Å²) in [5, 5.41) is 20.3. The summed E-state index contributed by atoms with van der Waals surface area (Å²) in [6.07, 6.45) is 2.03. The fourth-order valence-electron chi connectivity index (χ4n) is 5.55. The van der Waals surface area contributed by atoms with Crippen molar-refractivity contribution in [1.82, 2.24) is 9.80 Å². The molecule has 0 aliphatic carbocycles. The van der Waals surface area contributed by atoms with Gasteiger partial charge in [0.05, 0.1) is 0 Å². The first-order chi connectivity index (χ1) is 18.3. The van der Waals surface area contributed by atoms with Gasteiger partial charge in [-0.2, -0.15) is 0 Å². The van der Waals surface area contributed by atoms with Crippen LogP contribution in [0.25, 0.3) is 11.1 Å².